The molecule has 4 nitrogen and oxygen atoms in total. The van der Waals surface area contributed by atoms with Gasteiger partial charge in [0.2, 0.25) is 0 Å². The Morgan fingerprint density at radius 2 is 1.86 bits per heavy atom. The van der Waals surface area contributed by atoms with Crippen molar-refractivity contribution in [3.8, 4) is 11.5 Å². The second kappa shape index (κ2) is 10.9. The van der Waals surface area contributed by atoms with Crippen molar-refractivity contribution in [1.29, 1.82) is 0 Å². The molecular weight excluding hydrogens is 332 g/mol. The Labute approximate surface area is 136 Å². The minimum Gasteiger partial charge on any atom is -0.490 e. The van der Waals surface area contributed by atoms with Crippen molar-refractivity contribution in [1.82, 2.24) is 10.6 Å². The number of halogens is 1. The van der Waals surface area contributed by atoms with E-state index in [1.54, 1.807) is 0 Å². The molecule has 0 aliphatic heterocycles. The minimum atomic E-state index is 0.638. The normalized spacial score (nSPS) is 10.7. The van der Waals surface area contributed by atoms with Crippen molar-refractivity contribution in [3.05, 3.63) is 22.2 Å². The third-order valence-corrected chi connectivity index (χ3v) is 3.71. The smallest absolute Gasteiger partial charge is 0.162 e. The molecule has 0 saturated heterocycles. The maximum Gasteiger partial charge on any atom is 0.162 e. The van der Waals surface area contributed by atoms with E-state index in [-0.39, 0.29) is 0 Å². The number of benzene rings is 1. The largest absolute Gasteiger partial charge is 0.490 e. The van der Waals surface area contributed by atoms with E-state index in [4.69, 9.17) is 9.47 Å². The maximum atomic E-state index is 5.75. The molecule has 0 aromatic heterocycles. The maximum absolute atomic E-state index is 5.75. The summed E-state index contributed by atoms with van der Waals surface area (Å²) in [5.41, 5.74) is 1.19. The van der Waals surface area contributed by atoms with Crippen LogP contribution in [-0.4, -0.2) is 33.4 Å². The Kier molecular flexibility index (Phi) is 9.46. The monoisotopic (exact) mass is 358 g/mol. The fourth-order valence-corrected chi connectivity index (χ4v) is 2.38. The van der Waals surface area contributed by atoms with Crippen LogP contribution in [0.4, 0.5) is 0 Å². The molecule has 0 unspecified atom stereocenters. The van der Waals surface area contributed by atoms with Crippen LogP contribution in [0.5, 0.6) is 11.5 Å². The van der Waals surface area contributed by atoms with Gasteiger partial charge in [-0.15, -0.1) is 0 Å². The molecule has 120 valence electrons. The van der Waals surface area contributed by atoms with E-state index in [0.717, 1.165) is 48.4 Å². The fourth-order valence-electron chi connectivity index (χ4n) is 1.92. The summed E-state index contributed by atoms with van der Waals surface area (Å²) < 4.78 is 12.5. The summed E-state index contributed by atoms with van der Waals surface area (Å²) in [6, 6.07) is 4.06. The van der Waals surface area contributed by atoms with Crippen molar-refractivity contribution >= 4 is 15.9 Å². The van der Waals surface area contributed by atoms with E-state index in [1.165, 1.54) is 5.56 Å². The highest BCUT2D eigenvalue weighted by Crippen LogP contribution is 2.34. The Bertz CT molecular complexity index is 414. The summed E-state index contributed by atoms with van der Waals surface area (Å²) in [6.07, 6.45) is 2.10. The van der Waals surface area contributed by atoms with Gasteiger partial charge < -0.3 is 20.1 Å². The predicted octanol–water partition coefficient (Wildman–Crippen LogP) is 3.34. The molecular formula is C16H27BrN2O2. The molecule has 0 aliphatic rings. The van der Waals surface area contributed by atoms with Crippen LogP contribution in [0, 0.1) is 0 Å². The molecule has 0 amide bonds. The average Bonchev–Trinajstić information content (AvgIpc) is 2.48. The van der Waals surface area contributed by atoms with Crippen LogP contribution in [0.3, 0.4) is 0 Å². The van der Waals surface area contributed by atoms with E-state index in [1.807, 2.05) is 20.0 Å². The fraction of sp³-hybridized carbons (Fsp3) is 0.625. The van der Waals surface area contributed by atoms with Gasteiger partial charge in [-0.25, -0.2) is 0 Å². The Morgan fingerprint density at radius 1 is 1.10 bits per heavy atom. The van der Waals surface area contributed by atoms with Crippen LogP contribution < -0.4 is 20.1 Å². The first-order valence-corrected chi connectivity index (χ1v) is 8.45. The molecule has 5 heteroatoms. The number of hydrogen-bond donors (Lipinski definition) is 2. The molecule has 0 radical (unpaired) electrons. The van der Waals surface area contributed by atoms with Gasteiger partial charge in [-0.05, 0) is 57.6 Å². The molecule has 0 saturated carbocycles. The van der Waals surface area contributed by atoms with E-state index < -0.39 is 0 Å². The van der Waals surface area contributed by atoms with Crippen molar-refractivity contribution in [3.63, 3.8) is 0 Å². The molecule has 0 atom stereocenters. The standard InChI is InChI=1S/C16H27BrN2O2/c1-4-9-21-16-11-14(17)13(10-15(16)20-5-2)12-19-8-6-7-18-3/h10-11,18-19H,4-9,12H2,1-3H3. The molecule has 0 spiro atoms. The number of nitrogens with one attached hydrogen (secondary N) is 2. The van der Waals surface area contributed by atoms with Gasteiger partial charge >= 0.3 is 0 Å². The second-order valence-electron chi connectivity index (χ2n) is 4.81. The summed E-state index contributed by atoms with van der Waals surface area (Å²) >= 11 is 3.62. The Morgan fingerprint density at radius 3 is 2.52 bits per heavy atom. The lowest BCUT2D eigenvalue weighted by Crippen LogP contribution is -2.19. The number of ether oxygens (including phenoxy) is 2. The third kappa shape index (κ3) is 6.68. The lowest BCUT2D eigenvalue weighted by Gasteiger charge is -2.15. The summed E-state index contributed by atoms with van der Waals surface area (Å²) in [6.45, 7) is 8.26. The second-order valence-corrected chi connectivity index (χ2v) is 5.66. The highest BCUT2D eigenvalue weighted by molar-refractivity contribution is 9.10. The van der Waals surface area contributed by atoms with Gasteiger partial charge in [-0.2, -0.15) is 0 Å². The van der Waals surface area contributed by atoms with Crippen LogP contribution in [0.2, 0.25) is 0 Å². The topological polar surface area (TPSA) is 42.5 Å². The lowest BCUT2D eigenvalue weighted by molar-refractivity contribution is 0.276. The van der Waals surface area contributed by atoms with Gasteiger partial charge in [0.1, 0.15) is 0 Å². The van der Waals surface area contributed by atoms with Crippen molar-refractivity contribution in [2.45, 2.75) is 33.2 Å². The average molecular weight is 359 g/mol. The molecule has 1 aromatic rings. The van der Waals surface area contributed by atoms with Crippen LogP contribution in [-0.2, 0) is 6.54 Å². The molecule has 0 aliphatic carbocycles. The molecule has 0 heterocycles. The summed E-state index contributed by atoms with van der Waals surface area (Å²) in [5.74, 6) is 1.63. The zero-order valence-corrected chi connectivity index (χ0v) is 14.9. The third-order valence-electron chi connectivity index (χ3n) is 2.97. The highest BCUT2D eigenvalue weighted by atomic mass is 79.9. The molecule has 0 fully saturated rings. The predicted molar refractivity (Wildman–Crippen MR) is 91.3 cm³/mol. The first kappa shape index (κ1) is 18.3. The van der Waals surface area contributed by atoms with Gasteiger partial charge in [0.15, 0.2) is 11.5 Å². The molecule has 1 aromatic carbocycles. The molecule has 2 N–H and O–H groups in total. The van der Waals surface area contributed by atoms with Crippen LogP contribution >= 0.6 is 15.9 Å². The van der Waals surface area contributed by atoms with E-state index in [9.17, 15) is 0 Å². The molecule has 0 bridgehead atoms. The van der Waals surface area contributed by atoms with E-state index >= 15 is 0 Å². The first-order chi connectivity index (χ1) is 10.2. The lowest BCUT2D eigenvalue weighted by atomic mass is 10.2. The minimum absolute atomic E-state index is 0.638. The SMILES string of the molecule is CCCOc1cc(Br)c(CNCCCNC)cc1OCC. The first-order valence-electron chi connectivity index (χ1n) is 7.66. The zero-order valence-electron chi connectivity index (χ0n) is 13.3. The highest BCUT2D eigenvalue weighted by Gasteiger charge is 2.10. The Hall–Kier alpha value is -0.780. The quantitative estimate of drug-likeness (QED) is 0.595. The van der Waals surface area contributed by atoms with Gasteiger partial charge in [0, 0.05) is 11.0 Å². The van der Waals surface area contributed by atoms with Crippen LogP contribution in [0.1, 0.15) is 32.3 Å². The molecule has 21 heavy (non-hydrogen) atoms. The van der Waals surface area contributed by atoms with Gasteiger partial charge in [-0.1, -0.05) is 22.9 Å². The van der Waals surface area contributed by atoms with Crippen molar-refractivity contribution in [2.24, 2.45) is 0 Å². The van der Waals surface area contributed by atoms with E-state index in [0.29, 0.717) is 13.2 Å². The van der Waals surface area contributed by atoms with Gasteiger partial charge in [-0.3, -0.25) is 0 Å². The summed E-state index contributed by atoms with van der Waals surface area (Å²) in [4.78, 5) is 0. The Balaban J connectivity index is 2.68. The van der Waals surface area contributed by atoms with Crippen molar-refractivity contribution in [2.75, 3.05) is 33.4 Å². The summed E-state index contributed by atoms with van der Waals surface area (Å²) in [7, 11) is 1.97. The number of hydrogen-bond acceptors (Lipinski definition) is 4. The molecule has 1 rings (SSSR count). The van der Waals surface area contributed by atoms with Gasteiger partial charge in [0.05, 0.1) is 13.2 Å². The number of rotatable bonds is 11. The van der Waals surface area contributed by atoms with Crippen LogP contribution in [0.25, 0.3) is 0 Å². The van der Waals surface area contributed by atoms with Crippen molar-refractivity contribution < 1.29 is 9.47 Å². The van der Waals surface area contributed by atoms with Gasteiger partial charge in [0.25, 0.3) is 0 Å². The van der Waals surface area contributed by atoms with Crippen LogP contribution in [0.15, 0.2) is 16.6 Å². The van der Waals surface area contributed by atoms with E-state index in [2.05, 4.69) is 39.6 Å². The summed E-state index contributed by atoms with van der Waals surface area (Å²) in [5, 5.41) is 6.59. The zero-order chi connectivity index (χ0) is 15.5.